The fourth-order valence-corrected chi connectivity index (χ4v) is 2.47. The van der Waals surface area contributed by atoms with E-state index in [0.717, 1.165) is 13.1 Å². The minimum atomic E-state index is 0.0134. The lowest BCUT2D eigenvalue weighted by atomic mass is 10.2. The van der Waals surface area contributed by atoms with E-state index in [9.17, 15) is 4.79 Å². The van der Waals surface area contributed by atoms with Gasteiger partial charge in [0.1, 0.15) is 0 Å². The molecule has 0 saturated heterocycles. The average Bonchev–Trinajstić information content (AvgIpc) is 3.28. The van der Waals surface area contributed by atoms with Gasteiger partial charge in [0.15, 0.2) is 0 Å². The van der Waals surface area contributed by atoms with E-state index < -0.39 is 0 Å². The summed E-state index contributed by atoms with van der Waals surface area (Å²) < 4.78 is 0. The first-order valence-corrected chi connectivity index (χ1v) is 7.62. The summed E-state index contributed by atoms with van der Waals surface area (Å²) in [5, 5.41) is 11.7. The first-order valence-electron chi connectivity index (χ1n) is 7.62. The second-order valence-corrected chi connectivity index (χ2v) is 6.11. The Labute approximate surface area is 126 Å². The van der Waals surface area contributed by atoms with Gasteiger partial charge < -0.3 is 5.32 Å². The highest BCUT2D eigenvalue weighted by molar-refractivity contribution is 5.90. The van der Waals surface area contributed by atoms with Crippen LogP contribution in [0.5, 0.6) is 0 Å². The van der Waals surface area contributed by atoms with Crippen LogP contribution in [-0.4, -0.2) is 29.9 Å². The molecule has 1 aliphatic carbocycles. The Morgan fingerprint density at radius 1 is 1.48 bits per heavy atom. The Balaban J connectivity index is 1.82. The van der Waals surface area contributed by atoms with Gasteiger partial charge in [-0.15, -0.1) is 0 Å². The van der Waals surface area contributed by atoms with Crippen LogP contribution in [-0.2, 0) is 4.79 Å². The van der Waals surface area contributed by atoms with Crippen LogP contribution in [0.4, 0.5) is 5.69 Å². The Morgan fingerprint density at radius 2 is 2.24 bits per heavy atom. The molecule has 1 fully saturated rings. The molecule has 1 amide bonds. The van der Waals surface area contributed by atoms with Crippen LogP contribution in [0.25, 0.3) is 0 Å². The lowest BCUT2D eigenvalue weighted by Crippen LogP contribution is -2.33. The molecule has 21 heavy (non-hydrogen) atoms. The highest BCUT2D eigenvalue weighted by Crippen LogP contribution is 2.27. The Morgan fingerprint density at radius 3 is 2.86 bits per heavy atom. The van der Waals surface area contributed by atoms with E-state index in [0.29, 0.717) is 29.6 Å². The minimum absolute atomic E-state index is 0.0134. The summed E-state index contributed by atoms with van der Waals surface area (Å²) in [4.78, 5) is 14.5. The highest BCUT2D eigenvalue weighted by atomic mass is 16.1. The van der Waals surface area contributed by atoms with E-state index in [4.69, 9.17) is 5.26 Å². The van der Waals surface area contributed by atoms with Crippen LogP contribution in [0.15, 0.2) is 24.3 Å². The summed E-state index contributed by atoms with van der Waals surface area (Å²) >= 11 is 0. The van der Waals surface area contributed by atoms with Crippen molar-refractivity contribution in [1.29, 1.82) is 5.26 Å². The molecule has 0 radical (unpaired) electrons. The SMILES string of the molecule is CC(C)CN(CCC(=O)Nc1cccc(C#N)c1)C1CC1. The molecule has 2 rings (SSSR count). The molecular formula is C17H23N3O. The summed E-state index contributed by atoms with van der Waals surface area (Å²) in [5.41, 5.74) is 1.26. The fraction of sp³-hybridized carbons (Fsp3) is 0.529. The normalized spacial score (nSPS) is 14.2. The van der Waals surface area contributed by atoms with E-state index in [2.05, 4.69) is 30.1 Å². The standard InChI is InChI=1S/C17H23N3O/c1-13(2)12-20(16-6-7-16)9-8-17(21)19-15-5-3-4-14(10-15)11-18/h3-5,10,13,16H,6-9,12H2,1-2H3,(H,19,21). The van der Waals surface area contributed by atoms with Gasteiger partial charge in [0.25, 0.3) is 0 Å². The lowest BCUT2D eigenvalue weighted by molar-refractivity contribution is -0.116. The van der Waals surface area contributed by atoms with Gasteiger partial charge >= 0.3 is 0 Å². The first-order chi connectivity index (χ1) is 10.1. The fourth-order valence-electron chi connectivity index (χ4n) is 2.47. The number of hydrogen-bond donors (Lipinski definition) is 1. The maximum absolute atomic E-state index is 12.0. The van der Waals surface area contributed by atoms with Crippen molar-refractivity contribution in [2.24, 2.45) is 5.92 Å². The van der Waals surface area contributed by atoms with E-state index in [-0.39, 0.29) is 5.91 Å². The Kier molecular flexibility index (Phi) is 5.35. The van der Waals surface area contributed by atoms with Crippen LogP contribution in [0.1, 0.15) is 38.7 Å². The Hall–Kier alpha value is -1.86. The molecule has 0 atom stereocenters. The topological polar surface area (TPSA) is 56.1 Å². The van der Waals surface area contributed by atoms with Crippen molar-refractivity contribution in [2.75, 3.05) is 18.4 Å². The first kappa shape index (κ1) is 15.5. The van der Waals surface area contributed by atoms with Crippen molar-refractivity contribution in [1.82, 2.24) is 4.90 Å². The maximum Gasteiger partial charge on any atom is 0.225 e. The molecule has 0 unspecified atom stereocenters. The number of benzene rings is 1. The van der Waals surface area contributed by atoms with Gasteiger partial charge in [0.2, 0.25) is 5.91 Å². The number of nitrogens with one attached hydrogen (secondary N) is 1. The summed E-state index contributed by atoms with van der Waals surface area (Å²) in [6.45, 7) is 6.29. The number of carbonyl (C=O) groups excluding carboxylic acids is 1. The minimum Gasteiger partial charge on any atom is -0.326 e. The molecule has 0 spiro atoms. The smallest absolute Gasteiger partial charge is 0.225 e. The van der Waals surface area contributed by atoms with E-state index >= 15 is 0 Å². The van der Waals surface area contributed by atoms with Crippen molar-refractivity contribution in [3.8, 4) is 6.07 Å². The molecule has 4 heteroatoms. The second kappa shape index (κ2) is 7.24. The van der Waals surface area contributed by atoms with Gasteiger partial charge in [-0.25, -0.2) is 0 Å². The quantitative estimate of drug-likeness (QED) is 0.838. The summed E-state index contributed by atoms with van der Waals surface area (Å²) in [6, 6.07) is 9.78. The summed E-state index contributed by atoms with van der Waals surface area (Å²) in [5.74, 6) is 0.639. The number of amides is 1. The van der Waals surface area contributed by atoms with Crippen molar-refractivity contribution in [3.05, 3.63) is 29.8 Å². The number of hydrogen-bond acceptors (Lipinski definition) is 3. The van der Waals surface area contributed by atoms with Crippen LogP contribution >= 0.6 is 0 Å². The van der Waals surface area contributed by atoms with E-state index in [1.807, 2.05) is 6.07 Å². The van der Waals surface area contributed by atoms with Crippen molar-refractivity contribution in [3.63, 3.8) is 0 Å². The molecule has 0 bridgehead atoms. The third-order valence-electron chi connectivity index (χ3n) is 3.56. The van der Waals surface area contributed by atoms with Crippen LogP contribution in [0.3, 0.4) is 0 Å². The molecular weight excluding hydrogens is 262 g/mol. The average molecular weight is 285 g/mol. The number of nitrogens with zero attached hydrogens (tertiary/aromatic N) is 2. The van der Waals surface area contributed by atoms with Gasteiger partial charge in [0, 0.05) is 31.2 Å². The molecule has 1 aliphatic rings. The Bertz CT molecular complexity index is 529. The lowest BCUT2D eigenvalue weighted by Gasteiger charge is -2.23. The largest absolute Gasteiger partial charge is 0.326 e. The van der Waals surface area contributed by atoms with Crippen molar-refractivity contribution in [2.45, 2.75) is 39.2 Å². The van der Waals surface area contributed by atoms with Crippen LogP contribution in [0, 0.1) is 17.2 Å². The predicted molar refractivity (Wildman–Crippen MR) is 83.8 cm³/mol. The van der Waals surface area contributed by atoms with Crippen LogP contribution < -0.4 is 5.32 Å². The zero-order valence-corrected chi connectivity index (χ0v) is 12.8. The number of carbonyl (C=O) groups is 1. The van der Waals surface area contributed by atoms with Crippen molar-refractivity contribution < 1.29 is 4.79 Å². The maximum atomic E-state index is 12.0. The molecule has 0 heterocycles. The number of anilines is 1. The van der Waals surface area contributed by atoms with Gasteiger partial charge in [-0.2, -0.15) is 5.26 Å². The molecule has 1 aromatic carbocycles. The summed E-state index contributed by atoms with van der Waals surface area (Å²) in [7, 11) is 0. The highest BCUT2D eigenvalue weighted by Gasteiger charge is 2.29. The molecule has 1 saturated carbocycles. The number of rotatable bonds is 7. The van der Waals surface area contributed by atoms with E-state index in [1.165, 1.54) is 12.8 Å². The molecule has 0 aliphatic heterocycles. The third kappa shape index (κ3) is 5.20. The second-order valence-electron chi connectivity index (χ2n) is 6.11. The van der Waals surface area contributed by atoms with Crippen molar-refractivity contribution >= 4 is 11.6 Å². The third-order valence-corrected chi connectivity index (χ3v) is 3.56. The molecule has 4 nitrogen and oxygen atoms in total. The molecule has 0 aromatic heterocycles. The van der Waals surface area contributed by atoms with Gasteiger partial charge in [-0.1, -0.05) is 19.9 Å². The monoisotopic (exact) mass is 285 g/mol. The zero-order valence-electron chi connectivity index (χ0n) is 12.8. The predicted octanol–water partition coefficient (Wildman–Crippen LogP) is 3.01. The van der Waals surface area contributed by atoms with Gasteiger partial charge in [-0.3, -0.25) is 9.69 Å². The molecule has 1 aromatic rings. The molecule has 112 valence electrons. The summed E-state index contributed by atoms with van der Waals surface area (Å²) in [6.07, 6.45) is 3.02. The van der Waals surface area contributed by atoms with Crippen LogP contribution in [0.2, 0.25) is 0 Å². The van der Waals surface area contributed by atoms with E-state index in [1.54, 1.807) is 18.2 Å². The van der Waals surface area contributed by atoms with Gasteiger partial charge in [0.05, 0.1) is 11.6 Å². The zero-order chi connectivity index (χ0) is 15.2. The molecule has 1 N–H and O–H groups in total. The number of nitriles is 1. The van der Waals surface area contributed by atoms with Gasteiger partial charge in [-0.05, 0) is 37.0 Å².